The van der Waals surface area contributed by atoms with Crippen molar-refractivity contribution in [1.29, 1.82) is 0 Å². The second kappa shape index (κ2) is 11.3. The van der Waals surface area contributed by atoms with Gasteiger partial charge in [0.2, 0.25) is 0 Å². The van der Waals surface area contributed by atoms with Crippen LogP contribution in [0.2, 0.25) is 0 Å². The minimum Gasteiger partial charge on any atom is -0.255 e. The van der Waals surface area contributed by atoms with Crippen molar-refractivity contribution in [2.24, 2.45) is 0 Å². The average Bonchev–Trinajstić information content (AvgIpc) is 3.54. The molecule has 2 aromatic heterocycles. The molecule has 0 N–H and O–H groups in total. The van der Waals surface area contributed by atoms with Gasteiger partial charge < -0.3 is 0 Å². The Kier molecular flexibility index (Phi) is 6.28. The van der Waals surface area contributed by atoms with Crippen molar-refractivity contribution < 1.29 is 0 Å². The van der Waals surface area contributed by atoms with Crippen LogP contribution in [0, 0.1) is 0 Å². The summed E-state index contributed by atoms with van der Waals surface area (Å²) in [6, 6.07) is 63.8. The maximum atomic E-state index is 5.16. The predicted octanol–water partition coefficient (Wildman–Crippen LogP) is 13.4. The van der Waals surface area contributed by atoms with Crippen molar-refractivity contribution in [3.63, 3.8) is 0 Å². The smallest absolute Gasteiger partial charge is 0.0893 e. The van der Waals surface area contributed by atoms with Crippen LogP contribution in [0.25, 0.3) is 110 Å². The highest BCUT2D eigenvalue weighted by Crippen LogP contribution is 2.58. The van der Waals surface area contributed by atoms with E-state index in [1.807, 2.05) is 30.5 Å². The number of hydrogen-bond donors (Lipinski definition) is 0. The Morgan fingerprint density at radius 2 is 0.827 bits per heavy atom. The molecule has 0 unspecified atom stereocenters. The van der Waals surface area contributed by atoms with E-state index in [0.717, 1.165) is 22.6 Å². The Balaban J connectivity index is 1.25. The van der Waals surface area contributed by atoms with E-state index in [4.69, 9.17) is 4.98 Å². The first-order valence-electron chi connectivity index (χ1n) is 17.8. The summed E-state index contributed by atoms with van der Waals surface area (Å²) >= 11 is 0. The summed E-state index contributed by atoms with van der Waals surface area (Å²) in [7, 11) is 0. The Morgan fingerprint density at radius 3 is 1.48 bits per heavy atom. The molecule has 0 atom stereocenters. The largest absolute Gasteiger partial charge is 0.255 e. The number of benzene rings is 8. The maximum absolute atomic E-state index is 5.16. The van der Waals surface area contributed by atoms with Gasteiger partial charge in [-0.3, -0.25) is 4.98 Å². The number of nitrogens with zero attached hydrogens (tertiary/aromatic N) is 2. The highest BCUT2D eigenvalue weighted by atomic mass is 14.8. The lowest BCUT2D eigenvalue weighted by molar-refractivity contribution is 1.25. The molecule has 0 spiro atoms. The van der Waals surface area contributed by atoms with Crippen molar-refractivity contribution in [3.05, 3.63) is 182 Å². The molecule has 0 fully saturated rings. The molecule has 0 saturated heterocycles. The van der Waals surface area contributed by atoms with Crippen molar-refractivity contribution in [2.45, 2.75) is 0 Å². The summed E-state index contributed by atoms with van der Waals surface area (Å²) in [5.74, 6) is 0. The number of aromatic nitrogens is 2. The molecule has 0 amide bonds. The standard InChI is InChI=1S/C50H30N2/c1-3-13-33-29-35(24-22-31(33)11-1)46-39-15-5-6-16-40(39)47(36-25-23-32-12-2-4-14-34(32)30-36)50-42-27-26-37(38-17-9-18-41(48(38)42)49(46)50)43-20-10-21-45(52-43)44-19-7-8-28-51-44/h1-30H. The van der Waals surface area contributed by atoms with E-state index in [-0.39, 0.29) is 0 Å². The van der Waals surface area contributed by atoms with Crippen LogP contribution in [0.3, 0.4) is 0 Å². The molecule has 8 aromatic carbocycles. The van der Waals surface area contributed by atoms with E-state index in [1.54, 1.807) is 0 Å². The SMILES string of the molecule is c1ccc(-c2cccc(-c3ccc4c5c(cccc35)-c3c-4c(-c4ccc5ccccc5c4)c4ccccc4c3-c3ccc4ccccc4c3)n2)nc1. The predicted molar refractivity (Wildman–Crippen MR) is 218 cm³/mol. The van der Waals surface area contributed by atoms with Crippen LogP contribution in [0.5, 0.6) is 0 Å². The average molecular weight is 659 g/mol. The Hall–Kier alpha value is -6.90. The van der Waals surface area contributed by atoms with Gasteiger partial charge in [-0.2, -0.15) is 0 Å². The zero-order chi connectivity index (χ0) is 34.2. The number of fused-ring (bicyclic) bond motifs is 6. The van der Waals surface area contributed by atoms with E-state index in [0.29, 0.717) is 0 Å². The first-order valence-corrected chi connectivity index (χ1v) is 17.8. The van der Waals surface area contributed by atoms with Gasteiger partial charge in [-0.25, -0.2) is 4.98 Å². The summed E-state index contributed by atoms with van der Waals surface area (Å²) < 4.78 is 0. The summed E-state index contributed by atoms with van der Waals surface area (Å²) in [6.07, 6.45) is 1.82. The number of pyridine rings is 2. The molecule has 1 aliphatic carbocycles. The monoisotopic (exact) mass is 658 g/mol. The first kappa shape index (κ1) is 28.9. The van der Waals surface area contributed by atoms with Gasteiger partial charge in [-0.1, -0.05) is 140 Å². The van der Waals surface area contributed by atoms with Gasteiger partial charge >= 0.3 is 0 Å². The fourth-order valence-corrected chi connectivity index (χ4v) is 8.55. The topological polar surface area (TPSA) is 25.8 Å². The van der Waals surface area contributed by atoms with Crippen LogP contribution in [0.1, 0.15) is 0 Å². The van der Waals surface area contributed by atoms with Crippen molar-refractivity contribution >= 4 is 43.1 Å². The zero-order valence-electron chi connectivity index (χ0n) is 28.2. The molecular formula is C50H30N2. The number of hydrogen-bond acceptors (Lipinski definition) is 2. The Bertz CT molecular complexity index is 2940. The number of rotatable bonds is 4. The minimum atomic E-state index is 0.869. The normalized spacial score (nSPS) is 11.8. The highest BCUT2D eigenvalue weighted by molar-refractivity contribution is 6.29. The third kappa shape index (κ3) is 4.31. The van der Waals surface area contributed by atoms with Gasteiger partial charge in [0, 0.05) is 11.8 Å². The molecule has 11 rings (SSSR count). The summed E-state index contributed by atoms with van der Waals surface area (Å²) in [5, 5.41) is 9.97. The second-order valence-corrected chi connectivity index (χ2v) is 13.7. The molecule has 10 aromatic rings. The quantitative estimate of drug-likeness (QED) is 0.188. The van der Waals surface area contributed by atoms with E-state index in [9.17, 15) is 0 Å². The van der Waals surface area contributed by atoms with Gasteiger partial charge in [0.25, 0.3) is 0 Å². The lowest BCUT2D eigenvalue weighted by atomic mass is 9.82. The van der Waals surface area contributed by atoms with Gasteiger partial charge in [0.05, 0.1) is 17.1 Å². The van der Waals surface area contributed by atoms with Gasteiger partial charge in [-0.05, 0) is 124 Å². The third-order valence-corrected chi connectivity index (χ3v) is 10.8. The van der Waals surface area contributed by atoms with Crippen LogP contribution in [0.15, 0.2) is 182 Å². The van der Waals surface area contributed by atoms with Crippen LogP contribution >= 0.6 is 0 Å². The molecule has 1 aliphatic rings. The Labute approximate surface area is 301 Å². The molecule has 2 heteroatoms. The van der Waals surface area contributed by atoms with E-state index < -0.39 is 0 Å². The highest BCUT2D eigenvalue weighted by Gasteiger charge is 2.31. The molecule has 0 aliphatic heterocycles. The van der Waals surface area contributed by atoms with Gasteiger partial charge in [0.15, 0.2) is 0 Å². The maximum Gasteiger partial charge on any atom is 0.0893 e. The van der Waals surface area contributed by atoms with Crippen LogP contribution in [-0.4, -0.2) is 9.97 Å². The van der Waals surface area contributed by atoms with Crippen molar-refractivity contribution in [2.75, 3.05) is 0 Å². The third-order valence-electron chi connectivity index (χ3n) is 10.8. The van der Waals surface area contributed by atoms with E-state index in [2.05, 4.69) is 157 Å². The molecule has 2 heterocycles. The minimum absolute atomic E-state index is 0.869. The lowest BCUT2D eigenvalue weighted by Crippen LogP contribution is -1.94. The van der Waals surface area contributed by atoms with E-state index in [1.165, 1.54) is 87.6 Å². The second-order valence-electron chi connectivity index (χ2n) is 13.7. The molecule has 0 radical (unpaired) electrons. The summed E-state index contributed by atoms with van der Waals surface area (Å²) in [6.45, 7) is 0. The molecule has 52 heavy (non-hydrogen) atoms. The summed E-state index contributed by atoms with van der Waals surface area (Å²) in [5.41, 5.74) is 13.9. The van der Waals surface area contributed by atoms with Crippen molar-refractivity contribution in [3.8, 4) is 67.2 Å². The van der Waals surface area contributed by atoms with Gasteiger partial charge in [-0.15, -0.1) is 0 Å². The molecule has 0 saturated carbocycles. The summed E-state index contributed by atoms with van der Waals surface area (Å²) in [4.78, 5) is 9.75. The molecule has 0 bridgehead atoms. The fourth-order valence-electron chi connectivity index (χ4n) is 8.55. The van der Waals surface area contributed by atoms with Crippen molar-refractivity contribution in [1.82, 2.24) is 9.97 Å². The van der Waals surface area contributed by atoms with Crippen LogP contribution in [-0.2, 0) is 0 Å². The lowest BCUT2D eigenvalue weighted by Gasteiger charge is -2.21. The molecule has 2 nitrogen and oxygen atoms in total. The Morgan fingerprint density at radius 1 is 0.308 bits per heavy atom. The van der Waals surface area contributed by atoms with Gasteiger partial charge in [0.1, 0.15) is 0 Å². The molecular weight excluding hydrogens is 629 g/mol. The van der Waals surface area contributed by atoms with Crippen LogP contribution < -0.4 is 0 Å². The van der Waals surface area contributed by atoms with Crippen LogP contribution in [0.4, 0.5) is 0 Å². The molecule has 240 valence electrons. The van der Waals surface area contributed by atoms with E-state index >= 15 is 0 Å². The fraction of sp³-hybridized carbons (Fsp3) is 0. The zero-order valence-corrected chi connectivity index (χ0v) is 28.2. The first-order chi connectivity index (χ1) is 25.8.